The molecule has 6 heteroatoms. The van der Waals surface area contributed by atoms with Crippen molar-refractivity contribution in [3.63, 3.8) is 0 Å². The average Bonchev–Trinajstić information content (AvgIpc) is 3.01. The van der Waals surface area contributed by atoms with Crippen LogP contribution in [0.25, 0.3) is 11.3 Å². The van der Waals surface area contributed by atoms with Gasteiger partial charge in [0, 0.05) is 10.9 Å². The summed E-state index contributed by atoms with van der Waals surface area (Å²) < 4.78 is 15.9. The van der Waals surface area contributed by atoms with E-state index < -0.39 is 0 Å². The topological polar surface area (TPSA) is 49.9 Å². The fourth-order valence-electron chi connectivity index (χ4n) is 2.31. The lowest BCUT2D eigenvalue weighted by Gasteiger charge is -2.05. The first-order valence-electron chi connectivity index (χ1n) is 7.98. The predicted octanol–water partition coefficient (Wildman–Crippen LogP) is 4.42. The van der Waals surface area contributed by atoms with Crippen LogP contribution in [0.3, 0.4) is 0 Å². The first-order chi connectivity index (χ1) is 12.5. The zero-order valence-corrected chi connectivity index (χ0v) is 15.1. The van der Waals surface area contributed by atoms with Gasteiger partial charge in [0.1, 0.15) is 11.6 Å². The van der Waals surface area contributed by atoms with Crippen LogP contribution in [0.4, 0.5) is 4.39 Å². The van der Waals surface area contributed by atoms with Gasteiger partial charge < -0.3 is 5.11 Å². The molecule has 0 amide bonds. The second-order valence-corrected chi connectivity index (χ2v) is 6.64. The zero-order valence-electron chi connectivity index (χ0n) is 14.3. The molecular weight excluding hydrogens is 349 g/mol. The van der Waals surface area contributed by atoms with Crippen LogP contribution in [0, 0.1) is 5.82 Å². The number of thiazole rings is 1. The third kappa shape index (κ3) is 4.15. The highest BCUT2D eigenvalue weighted by Gasteiger charge is 2.11. The fraction of sp³-hybridized carbons (Fsp3) is 0.100. The molecule has 3 aromatic rings. The molecule has 0 spiro atoms. The Labute approximate surface area is 154 Å². The van der Waals surface area contributed by atoms with E-state index >= 15 is 0 Å². The van der Waals surface area contributed by atoms with Crippen LogP contribution in [0.5, 0.6) is 5.75 Å². The van der Waals surface area contributed by atoms with E-state index in [0.29, 0.717) is 22.6 Å². The highest BCUT2D eigenvalue weighted by Crippen LogP contribution is 2.23. The monoisotopic (exact) mass is 367 g/mol. The van der Waals surface area contributed by atoms with Crippen LogP contribution < -0.4 is 4.80 Å². The van der Waals surface area contributed by atoms with E-state index in [9.17, 15) is 9.50 Å². The van der Waals surface area contributed by atoms with Crippen molar-refractivity contribution in [1.82, 2.24) is 4.68 Å². The second kappa shape index (κ2) is 7.93. The van der Waals surface area contributed by atoms with Crippen molar-refractivity contribution in [2.24, 2.45) is 10.1 Å². The summed E-state index contributed by atoms with van der Waals surface area (Å²) in [5.41, 5.74) is 2.72. The van der Waals surface area contributed by atoms with Gasteiger partial charge in [-0.2, -0.15) is 5.10 Å². The predicted molar refractivity (Wildman–Crippen MR) is 104 cm³/mol. The summed E-state index contributed by atoms with van der Waals surface area (Å²) in [6.07, 6.45) is 1.61. The van der Waals surface area contributed by atoms with Crippen LogP contribution in [0.15, 0.2) is 76.2 Å². The number of halogens is 1. The summed E-state index contributed by atoms with van der Waals surface area (Å²) in [4.78, 5) is 5.15. The standard InChI is InChI=1S/C20H18FN3OS/c1-14(2)11-22-20-24(23-12-15-6-5-7-16(25)10-15)19(13-26-20)17-8-3-4-9-18(17)21/h3-10,12-13,25H,1,11H2,2H3. The Morgan fingerprint density at radius 3 is 2.81 bits per heavy atom. The highest BCUT2D eigenvalue weighted by atomic mass is 32.1. The number of phenolic OH excluding ortho intramolecular Hbond substituents is 1. The third-order valence-corrected chi connectivity index (χ3v) is 4.37. The molecule has 26 heavy (non-hydrogen) atoms. The minimum atomic E-state index is -0.321. The van der Waals surface area contributed by atoms with E-state index in [-0.39, 0.29) is 11.6 Å². The number of aromatic hydroxyl groups is 1. The van der Waals surface area contributed by atoms with Gasteiger partial charge in [0.05, 0.1) is 18.5 Å². The van der Waals surface area contributed by atoms with Crippen LogP contribution in [-0.4, -0.2) is 22.5 Å². The van der Waals surface area contributed by atoms with Crippen LogP contribution in [0.2, 0.25) is 0 Å². The van der Waals surface area contributed by atoms with Crippen molar-refractivity contribution in [3.8, 4) is 17.0 Å². The summed E-state index contributed by atoms with van der Waals surface area (Å²) >= 11 is 1.39. The van der Waals surface area contributed by atoms with Gasteiger partial charge in [-0.25, -0.2) is 9.07 Å². The molecule has 1 aromatic heterocycles. The van der Waals surface area contributed by atoms with Crippen molar-refractivity contribution in [3.05, 3.63) is 82.2 Å². The Morgan fingerprint density at radius 2 is 2.08 bits per heavy atom. The normalized spacial score (nSPS) is 12.0. The maximum Gasteiger partial charge on any atom is 0.206 e. The Kier molecular flexibility index (Phi) is 5.43. The molecule has 0 bridgehead atoms. The SMILES string of the molecule is C=C(C)CN=c1scc(-c2ccccc2F)n1N=Cc1cccc(O)c1. The molecule has 0 saturated heterocycles. The summed E-state index contributed by atoms with van der Waals surface area (Å²) in [6, 6.07) is 13.3. The number of hydrogen-bond acceptors (Lipinski definition) is 4. The van der Waals surface area contributed by atoms with Gasteiger partial charge in [0.2, 0.25) is 4.80 Å². The highest BCUT2D eigenvalue weighted by molar-refractivity contribution is 7.07. The number of phenols is 1. The average molecular weight is 367 g/mol. The van der Waals surface area contributed by atoms with Gasteiger partial charge in [0.25, 0.3) is 0 Å². The zero-order chi connectivity index (χ0) is 18.5. The third-order valence-electron chi connectivity index (χ3n) is 3.51. The Bertz CT molecular complexity index is 1030. The Morgan fingerprint density at radius 1 is 1.27 bits per heavy atom. The van der Waals surface area contributed by atoms with Gasteiger partial charge in [-0.1, -0.05) is 36.4 Å². The van der Waals surface area contributed by atoms with Gasteiger partial charge in [-0.05, 0) is 36.8 Å². The molecular formula is C20H18FN3OS. The van der Waals surface area contributed by atoms with Crippen LogP contribution in [-0.2, 0) is 0 Å². The van der Waals surface area contributed by atoms with E-state index in [2.05, 4.69) is 16.7 Å². The Balaban J connectivity index is 2.10. The van der Waals surface area contributed by atoms with Crippen LogP contribution >= 0.6 is 11.3 Å². The summed E-state index contributed by atoms with van der Waals surface area (Å²) in [6.45, 7) is 6.23. The molecule has 4 nitrogen and oxygen atoms in total. The van der Waals surface area contributed by atoms with Gasteiger partial charge in [0.15, 0.2) is 0 Å². The molecule has 0 aliphatic rings. The number of nitrogens with zero attached hydrogens (tertiary/aromatic N) is 3. The molecule has 0 aliphatic carbocycles. The summed E-state index contributed by atoms with van der Waals surface area (Å²) in [5.74, 6) is -0.163. The lowest BCUT2D eigenvalue weighted by molar-refractivity contribution is 0.475. The minimum absolute atomic E-state index is 0.158. The van der Waals surface area contributed by atoms with E-state index in [1.54, 1.807) is 47.3 Å². The maximum absolute atomic E-state index is 14.3. The van der Waals surface area contributed by atoms with Crippen molar-refractivity contribution in [2.75, 3.05) is 6.54 Å². The first-order valence-corrected chi connectivity index (χ1v) is 8.86. The molecule has 0 atom stereocenters. The van der Waals surface area contributed by atoms with Gasteiger partial charge in [-0.15, -0.1) is 11.3 Å². The molecule has 1 heterocycles. The van der Waals surface area contributed by atoms with E-state index in [0.717, 1.165) is 11.1 Å². The molecule has 132 valence electrons. The molecule has 0 saturated carbocycles. The lowest BCUT2D eigenvalue weighted by atomic mass is 10.1. The maximum atomic E-state index is 14.3. The van der Waals surface area contributed by atoms with E-state index in [4.69, 9.17) is 0 Å². The number of aromatic nitrogens is 1. The van der Waals surface area contributed by atoms with Gasteiger partial charge in [-0.3, -0.25) is 4.99 Å². The molecule has 0 unspecified atom stereocenters. The van der Waals surface area contributed by atoms with Crippen molar-refractivity contribution >= 4 is 17.6 Å². The molecule has 0 aliphatic heterocycles. The largest absolute Gasteiger partial charge is 0.508 e. The lowest BCUT2D eigenvalue weighted by Crippen LogP contribution is -2.13. The van der Waals surface area contributed by atoms with E-state index in [1.165, 1.54) is 17.4 Å². The van der Waals surface area contributed by atoms with Gasteiger partial charge >= 0.3 is 0 Å². The van der Waals surface area contributed by atoms with Crippen molar-refractivity contribution in [2.45, 2.75) is 6.92 Å². The van der Waals surface area contributed by atoms with Crippen LogP contribution in [0.1, 0.15) is 12.5 Å². The molecule has 3 rings (SSSR count). The summed E-state index contributed by atoms with van der Waals surface area (Å²) in [5, 5.41) is 15.9. The summed E-state index contributed by atoms with van der Waals surface area (Å²) in [7, 11) is 0. The Hall–Kier alpha value is -2.99. The van der Waals surface area contributed by atoms with Crippen molar-refractivity contribution < 1.29 is 9.50 Å². The molecule has 1 N–H and O–H groups in total. The minimum Gasteiger partial charge on any atom is -0.508 e. The molecule has 0 radical (unpaired) electrons. The number of hydrogen-bond donors (Lipinski definition) is 1. The fourth-order valence-corrected chi connectivity index (χ4v) is 3.13. The smallest absolute Gasteiger partial charge is 0.206 e. The quantitative estimate of drug-likeness (QED) is 0.527. The number of rotatable bonds is 5. The molecule has 0 fully saturated rings. The molecule has 2 aromatic carbocycles. The van der Waals surface area contributed by atoms with Crippen molar-refractivity contribution in [1.29, 1.82) is 0 Å². The first kappa shape index (κ1) is 17.8. The number of benzene rings is 2. The second-order valence-electron chi connectivity index (χ2n) is 5.81. The van der Waals surface area contributed by atoms with E-state index in [1.807, 2.05) is 18.4 Å².